The largest absolute Gasteiger partial charge is 0.433 e. The fourth-order valence-corrected chi connectivity index (χ4v) is 2.75. The van der Waals surface area contributed by atoms with Crippen molar-refractivity contribution in [2.75, 3.05) is 0 Å². The first kappa shape index (κ1) is 17.9. The molecule has 3 aromatic rings. The molecule has 0 fully saturated rings. The minimum Gasteiger partial charge on any atom is -0.344 e. The quantitative estimate of drug-likeness (QED) is 0.765. The minimum atomic E-state index is -4.60. The van der Waals surface area contributed by atoms with Gasteiger partial charge in [0.15, 0.2) is 11.3 Å². The molecule has 8 heteroatoms. The molecule has 0 aliphatic heterocycles. The highest BCUT2D eigenvalue weighted by molar-refractivity contribution is 5.93. The van der Waals surface area contributed by atoms with Gasteiger partial charge in [0.25, 0.3) is 5.91 Å². The summed E-state index contributed by atoms with van der Waals surface area (Å²) < 4.78 is 40.3. The Bertz CT molecular complexity index is 935. The average molecular weight is 362 g/mol. The minimum absolute atomic E-state index is 0.0183. The van der Waals surface area contributed by atoms with Gasteiger partial charge in [-0.15, -0.1) is 0 Å². The van der Waals surface area contributed by atoms with Crippen LogP contribution in [-0.2, 0) is 6.18 Å². The Balaban J connectivity index is 1.94. The van der Waals surface area contributed by atoms with E-state index in [2.05, 4.69) is 15.4 Å². The monoisotopic (exact) mass is 362 g/mol. The summed E-state index contributed by atoms with van der Waals surface area (Å²) >= 11 is 0. The van der Waals surface area contributed by atoms with Gasteiger partial charge in [-0.2, -0.15) is 18.3 Å². The zero-order chi connectivity index (χ0) is 18.9. The lowest BCUT2D eigenvalue weighted by Gasteiger charge is -2.16. The molecule has 136 valence electrons. The van der Waals surface area contributed by atoms with Crippen molar-refractivity contribution in [2.45, 2.75) is 32.5 Å². The van der Waals surface area contributed by atoms with Crippen LogP contribution in [0, 0.1) is 6.92 Å². The van der Waals surface area contributed by atoms with Gasteiger partial charge in [0, 0.05) is 11.8 Å². The molecule has 0 spiro atoms. The number of hydrogen-bond acceptors (Lipinski definition) is 3. The van der Waals surface area contributed by atoms with E-state index < -0.39 is 17.8 Å². The number of carbonyl (C=O) groups is 1. The van der Waals surface area contributed by atoms with E-state index in [-0.39, 0.29) is 23.1 Å². The summed E-state index contributed by atoms with van der Waals surface area (Å²) in [6.45, 7) is 3.37. The van der Waals surface area contributed by atoms with Crippen molar-refractivity contribution < 1.29 is 18.0 Å². The van der Waals surface area contributed by atoms with Gasteiger partial charge in [0.2, 0.25) is 0 Å². The first-order chi connectivity index (χ1) is 12.3. The zero-order valence-electron chi connectivity index (χ0n) is 14.2. The summed E-state index contributed by atoms with van der Waals surface area (Å²) in [5.41, 5.74) is 0.0248. The van der Waals surface area contributed by atoms with Crippen LogP contribution in [0.5, 0.6) is 0 Å². The number of carbonyl (C=O) groups excluding carboxylic acids is 1. The molecule has 0 saturated heterocycles. The fraction of sp³-hybridized carbons (Fsp3) is 0.278. The lowest BCUT2D eigenvalue weighted by Crippen LogP contribution is -2.28. The number of hydrogen-bond donors (Lipinski definition) is 1. The van der Waals surface area contributed by atoms with Gasteiger partial charge in [-0.3, -0.25) is 4.79 Å². The SMILES string of the molecule is CCC(NC(=O)c1cc2nc(C)cc(C(F)(F)F)n2n1)c1ccccc1. The summed E-state index contributed by atoms with van der Waals surface area (Å²) in [5, 5.41) is 6.63. The van der Waals surface area contributed by atoms with E-state index in [1.807, 2.05) is 37.3 Å². The Morgan fingerprint density at radius 3 is 2.54 bits per heavy atom. The molecule has 0 aliphatic rings. The van der Waals surface area contributed by atoms with Crippen LogP contribution in [0.25, 0.3) is 5.65 Å². The van der Waals surface area contributed by atoms with Gasteiger partial charge in [0.1, 0.15) is 5.69 Å². The van der Waals surface area contributed by atoms with Crippen LogP contribution in [-0.4, -0.2) is 20.5 Å². The molecule has 0 radical (unpaired) electrons. The van der Waals surface area contributed by atoms with E-state index in [1.54, 1.807) is 0 Å². The molecule has 2 heterocycles. The summed E-state index contributed by atoms with van der Waals surface area (Å²) in [7, 11) is 0. The second kappa shape index (κ2) is 6.78. The van der Waals surface area contributed by atoms with Crippen molar-refractivity contribution in [1.29, 1.82) is 0 Å². The molecule has 2 aromatic heterocycles. The molecule has 1 atom stereocenters. The Morgan fingerprint density at radius 2 is 1.92 bits per heavy atom. The average Bonchev–Trinajstić information content (AvgIpc) is 3.02. The first-order valence-corrected chi connectivity index (χ1v) is 8.10. The van der Waals surface area contributed by atoms with E-state index in [9.17, 15) is 18.0 Å². The number of alkyl halides is 3. The number of aromatic nitrogens is 3. The normalized spacial score (nSPS) is 13.0. The first-order valence-electron chi connectivity index (χ1n) is 8.10. The van der Waals surface area contributed by atoms with E-state index in [1.165, 1.54) is 13.0 Å². The van der Waals surface area contributed by atoms with E-state index in [0.29, 0.717) is 10.9 Å². The number of nitrogens with one attached hydrogen (secondary N) is 1. The molecular formula is C18H17F3N4O. The molecule has 0 saturated carbocycles. The predicted octanol–water partition coefficient (Wildman–Crippen LogP) is 3.94. The second-order valence-corrected chi connectivity index (χ2v) is 5.93. The van der Waals surface area contributed by atoms with Gasteiger partial charge in [0.05, 0.1) is 6.04 Å². The highest BCUT2D eigenvalue weighted by atomic mass is 19.4. The van der Waals surface area contributed by atoms with Gasteiger partial charge in [-0.05, 0) is 25.0 Å². The fourth-order valence-electron chi connectivity index (χ4n) is 2.75. The van der Waals surface area contributed by atoms with Crippen molar-refractivity contribution in [3.63, 3.8) is 0 Å². The molecule has 0 aliphatic carbocycles. The van der Waals surface area contributed by atoms with Crippen LogP contribution in [0.4, 0.5) is 13.2 Å². The smallest absolute Gasteiger partial charge is 0.344 e. The predicted molar refractivity (Wildman–Crippen MR) is 89.7 cm³/mol. The topological polar surface area (TPSA) is 59.3 Å². The van der Waals surface area contributed by atoms with Crippen molar-refractivity contribution >= 4 is 11.6 Å². The third kappa shape index (κ3) is 3.54. The van der Waals surface area contributed by atoms with Gasteiger partial charge < -0.3 is 5.32 Å². The molecule has 1 aromatic carbocycles. The van der Waals surface area contributed by atoms with Crippen LogP contribution in [0.2, 0.25) is 0 Å². The van der Waals surface area contributed by atoms with Crippen molar-refractivity contribution in [1.82, 2.24) is 19.9 Å². The lowest BCUT2D eigenvalue weighted by atomic mass is 10.0. The standard InChI is InChI=1S/C18H17F3N4O/c1-3-13(12-7-5-4-6-8-12)23-17(26)14-10-16-22-11(2)9-15(18(19,20)21)25(16)24-14/h4-10,13H,3H2,1-2H3,(H,23,26). The van der Waals surface area contributed by atoms with Crippen LogP contribution < -0.4 is 5.32 Å². The molecule has 1 amide bonds. The van der Waals surface area contributed by atoms with Crippen LogP contribution in [0.15, 0.2) is 42.5 Å². The third-order valence-electron chi connectivity index (χ3n) is 3.99. The number of halogens is 3. The summed E-state index contributed by atoms with van der Waals surface area (Å²) in [6, 6.07) is 11.2. The van der Waals surface area contributed by atoms with Crippen LogP contribution in [0.3, 0.4) is 0 Å². The Morgan fingerprint density at radius 1 is 1.23 bits per heavy atom. The maximum absolute atomic E-state index is 13.2. The molecular weight excluding hydrogens is 345 g/mol. The van der Waals surface area contributed by atoms with Crippen molar-refractivity contribution in [2.24, 2.45) is 0 Å². The van der Waals surface area contributed by atoms with Crippen LogP contribution in [0.1, 0.15) is 46.8 Å². The second-order valence-electron chi connectivity index (χ2n) is 5.93. The number of aryl methyl sites for hydroxylation is 1. The summed E-state index contributed by atoms with van der Waals surface area (Å²) in [4.78, 5) is 16.5. The van der Waals surface area contributed by atoms with Crippen molar-refractivity contribution in [3.05, 3.63) is 65.1 Å². The van der Waals surface area contributed by atoms with E-state index >= 15 is 0 Å². The Labute approximate surface area is 147 Å². The van der Waals surface area contributed by atoms with E-state index in [0.717, 1.165) is 11.6 Å². The number of amides is 1. The number of fused-ring (bicyclic) bond motifs is 1. The van der Waals surface area contributed by atoms with Gasteiger partial charge in [-0.25, -0.2) is 9.50 Å². The summed E-state index contributed by atoms with van der Waals surface area (Å²) in [6.07, 6.45) is -3.96. The van der Waals surface area contributed by atoms with Crippen molar-refractivity contribution in [3.8, 4) is 0 Å². The molecule has 26 heavy (non-hydrogen) atoms. The number of nitrogens with zero attached hydrogens (tertiary/aromatic N) is 3. The van der Waals surface area contributed by atoms with Gasteiger partial charge >= 0.3 is 6.18 Å². The Hall–Kier alpha value is -2.90. The zero-order valence-corrected chi connectivity index (χ0v) is 14.2. The number of rotatable bonds is 4. The maximum Gasteiger partial charge on any atom is 0.433 e. The molecule has 1 N–H and O–H groups in total. The molecule has 5 nitrogen and oxygen atoms in total. The highest BCUT2D eigenvalue weighted by Gasteiger charge is 2.35. The van der Waals surface area contributed by atoms with Gasteiger partial charge in [-0.1, -0.05) is 37.3 Å². The maximum atomic E-state index is 13.2. The van der Waals surface area contributed by atoms with E-state index in [4.69, 9.17) is 0 Å². The summed E-state index contributed by atoms with van der Waals surface area (Å²) in [5.74, 6) is -0.544. The number of benzene rings is 1. The molecule has 0 bridgehead atoms. The molecule has 1 unspecified atom stereocenters. The van der Waals surface area contributed by atoms with Crippen LogP contribution >= 0.6 is 0 Å². The highest BCUT2D eigenvalue weighted by Crippen LogP contribution is 2.30. The Kier molecular flexibility index (Phi) is 4.67. The lowest BCUT2D eigenvalue weighted by molar-refractivity contribution is -0.142. The molecule has 3 rings (SSSR count). The third-order valence-corrected chi connectivity index (χ3v) is 3.99.